The zero-order valence-electron chi connectivity index (χ0n) is 14.6. The number of thioether (sulfide) groups is 1. The number of carbonyl (C=O) groups excluding carboxylic acids is 1. The standard InChI is InChI=1S/C18H21FN2O3S3/c19-14-5-7-16(8-6-14)27(23,24)21-10-1-4-17(21)18(22)20-9-12-25-13-15-3-2-11-26-15/h2-3,5-8,11,17H,1,4,9-10,12-13H2,(H,20,22). The van der Waals surface area contributed by atoms with Crippen LogP contribution in [0.1, 0.15) is 17.7 Å². The molecule has 2 heterocycles. The molecule has 0 spiro atoms. The van der Waals surface area contributed by atoms with Crippen molar-refractivity contribution < 1.29 is 17.6 Å². The topological polar surface area (TPSA) is 66.5 Å². The van der Waals surface area contributed by atoms with Crippen molar-refractivity contribution in [2.75, 3.05) is 18.8 Å². The monoisotopic (exact) mass is 428 g/mol. The molecule has 1 aromatic carbocycles. The number of rotatable bonds is 8. The first-order chi connectivity index (χ1) is 13.0. The Labute approximate surface area is 167 Å². The van der Waals surface area contributed by atoms with Crippen LogP contribution in [0.5, 0.6) is 0 Å². The van der Waals surface area contributed by atoms with E-state index in [1.807, 2.05) is 11.4 Å². The van der Waals surface area contributed by atoms with E-state index in [1.54, 1.807) is 23.1 Å². The lowest BCUT2D eigenvalue weighted by molar-refractivity contribution is -0.124. The average molecular weight is 429 g/mol. The fourth-order valence-corrected chi connectivity index (χ4v) is 6.32. The molecule has 1 atom stereocenters. The minimum Gasteiger partial charge on any atom is -0.354 e. The molecule has 0 aliphatic carbocycles. The first-order valence-electron chi connectivity index (χ1n) is 8.64. The highest BCUT2D eigenvalue weighted by atomic mass is 32.2. The zero-order chi connectivity index (χ0) is 19.3. The number of nitrogens with one attached hydrogen (secondary N) is 1. The molecular weight excluding hydrogens is 407 g/mol. The van der Waals surface area contributed by atoms with Crippen molar-refractivity contribution in [2.45, 2.75) is 29.5 Å². The Kier molecular flexibility index (Phi) is 6.91. The van der Waals surface area contributed by atoms with Crippen molar-refractivity contribution in [3.8, 4) is 0 Å². The minimum atomic E-state index is -3.81. The van der Waals surface area contributed by atoms with Crippen LogP contribution in [-0.4, -0.2) is 43.5 Å². The molecule has 1 aliphatic heterocycles. The normalized spacial score (nSPS) is 17.9. The van der Waals surface area contributed by atoms with Gasteiger partial charge in [0.2, 0.25) is 15.9 Å². The van der Waals surface area contributed by atoms with E-state index in [0.29, 0.717) is 25.9 Å². The van der Waals surface area contributed by atoms with E-state index < -0.39 is 21.9 Å². The Morgan fingerprint density at radius 1 is 1.30 bits per heavy atom. The van der Waals surface area contributed by atoms with Gasteiger partial charge in [-0.1, -0.05) is 6.07 Å². The van der Waals surface area contributed by atoms with Crippen LogP contribution in [0.15, 0.2) is 46.7 Å². The van der Waals surface area contributed by atoms with Gasteiger partial charge in [0.25, 0.3) is 0 Å². The van der Waals surface area contributed by atoms with Crippen LogP contribution < -0.4 is 5.32 Å². The number of thiophene rings is 1. The van der Waals surface area contributed by atoms with Gasteiger partial charge in [-0.15, -0.1) is 11.3 Å². The Hall–Kier alpha value is -1.42. The predicted octanol–water partition coefficient (Wildman–Crippen LogP) is 3.09. The lowest BCUT2D eigenvalue weighted by Gasteiger charge is -2.23. The van der Waals surface area contributed by atoms with Gasteiger partial charge < -0.3 is 5.32 Å². The molecule has 2 aromatic rings. The number of nitrogens with zero attached hydrogens (tertiary/aromatic N) is 1. The highest BCUT2D eigenvalue weighted by molar-refractivity contribution is 7.98. The number of benzene rings is 1. The Morgan fingerprint density at radius 3 is 2.78 bits per heavy atom. The van der Waals surface area contributed by atoms with E-state index in [2.05, 4.69) is 11.4 Å². The van der Waals surface area contributed by atoms with Crippen molar-refractivity contribution >= 4 is 39.0 Å². The Balaban J connectivity index is 1.53. The molecule has 27 heavy (non-hydrogen) atoms. The molecule has 0 radical (unpaired) electrons. The second-order valence-electron chi connectivity index (χ2n) is 6.15. The molecule has 1 saturated heterocycles. The maximum atomic E-state index is 13.1. The SMILES string of the molecule is O=C(NCCSCc1cccs1)C1CCCN1S(=O)(=O)c1ccc(F)cc1. The van der Waals surface area contributed by atoms with Gasteiger partial charge in [0.05, 0.1) is 4.90 Å². The van der Waals surface area contributed by atoms with E-state index >= 15 is 0 Å². The van der Waals surface area contributed by atoms with Crippen LogP contribution in [0.2, 0.25) is 0 Å². The zero-order valence-corrected chi connectivity index (χ0v) is 17.1. The molecule has 1 aromatic heterocycles. The second-order valence-corrected chi connectivity index (χ2v) is 10.2. The van der Waals surface area contributed by atoms with Crippen LogP contribution in [0.25, 0.3) is 0 Å². The highest BCUT2D eigenvalue weighted by Crippen LogP contribution is 2.26. The molecule has 0 bridgehead atoms. The van der Waals surface area contributed by atoms with Gasteiger partial charge in [-0.25, -0.2) is 12.8 Å². The Bertz CT molecular complexity index is 854. The summed E-state index contributed by atoms with van der Waals surface area (Å²) in [4.78, 5) is 13.8. The van der Waals surface area contributed by atoms with E-state index in [9.17, 15) is 17.6 Å². The highest BCUT2D eigenvalue weighted by Gasteiger charge is 2.39. The quantitative estimate of drug-likeness (QED) is 0.656. The second kappa shape index (κ2) is 9.18. The van der Waals surface area contributed by atoms with Crippen LogP contribution in [0.4, 0.5) is 4.39 Å². The summed E-state index contributed by atoms with van der Waals surface area (Å²) < 4.78 is 39.9. The summed E-state index contributed by atoms with van der Waals surface area (Å²) in [6, 6.07) is 8.08. The number of hydrogen-bond donors (Lipinski definition) is 1. The summed E-state index contributed by atoms with van der Waals surface area (Å²) in [5, 5.41) is 4.88. The smallest absolute Gasteiger partial charge is 0.243 e. The number of amides is 1. The summed E-state index contributed by atoms with van der Waals surface area (Å²) in [6.07, 6.45) is 1.13. The van der Waals surface area contributed by atoms with Gasteiger partial charge in [0, 0.05) is 29.5 Å². The summed E-state index contributed by atoms with van der Waals surface area (Å²) >= 11 is 3.43. The van der Waals surface area contributed by atoms with Gasteiger partial charge in [-0.05, 0) is 48.6 Å². The predicted molar refractivity (Wildman–Crippen MR) is 107 cm³/mol. The van der Waals surface area contributed by atoms with Gasteiger partial charge in [-0.3, -0.25) is 4.79 Å². The molecule has 1 N–H and O–H groups in total. The molecule has 1 unspecified atom stereocenters. The van der Waals surface area contributed by atoms with E-state index in [4.69, 9.17) is 0 Å². The van der Waals surface area contributed by atoms with Crippen molar-refractivity contribution in [1.29, 1.82) is 0 Å². The molecule has 5 nitrogen and oxygen atoms in total. The van der Waals surface area contributed by atoms with Crippen LogP contribution in [0.3, 0.4) is 0 Å². The first-order valence-corrected chi connectivity index (χ1v) is 12.1. The van der Waals surface area contributed by atoms with E-state index in [-0.39, 0.29) is 10.8 Å². The number of hydrogen-bond acceptors (Lipinski definition) is 5. The number of halogens is 1. The third kappa shape index (κ3) is 5.10. The average Bonchev–Trinajstić information content (AvgIpc) is 3.33. The molecular formula is C18H21FN2O3S3. The van der Waals surface area contributed by atoms with Gasteiger partial charge in [0.15, 0.2) is 0 Å². The van der Waals surface area contributed by atoms with Gasteiger partial charge >= 0.3 is 0 Å². The largest absolute Gasteiger partial charge is 0.354 e. The number of carbonyl (C=O) groups is 1. The fraction of sp³-hybridized carbons (Fsp3) is 0.389. The molecule has 0 saturated carbocycles. The van der Waals surface area contributed by atoms with Gasteiger partial charge in [0.1, 0.15) is 11.9 Å². The van der Waals surface area contributed by atoms with E-state index in [0.717, 1.165) is 23.6 Å². The summed E-state index contributed by atoms with van der Waals surface area (Å²) in [6.45, 7) is 0.792. The van der Waals surface area contributed by atoms with E-state index in [1.165, 1.54) is 21.3 Å². The van der Waals surface area contributed by atoms with Crippen molar-refractivity contribution in [1.82, 2.24) is 9.62 Å². The number of sulfonamides is 1. The summed E-state index contributed by atoms with van der Waals surface area (Å²) in [5.74, 6) is 0.906. The molecule has 146 valence electrons. The van der Waals surface area contributed by atoms with Crippen LogP contribution in [-0.2, 0) is 20.6 Å². The maximum absolute atomic E-state index is 13.1. The lowest BCUT2D eigenvalue weighted by Crippen LogP contribution is -2.46. The molecule has 3 rings (SSSR count). The summed E-state index contributed by atoms with van der Waals surface area (Å²) in [5.41, 5.74) is 0. The fourth-order valence-electron chi connectivity index (χ4n) is 2.96. The summed E-state index contributed by atoms with van der Waals surface area (Å²) in [7, 11) is -3.81. The molecule has 9 heteroatoms. The van der Waals surface area contributed by atoms with Crippen molar-refractivity contribution in [2.24, 2.45) is 0 Å². The van der Waals surface area contributed by atoms with Crippen molar-refractivity contribution in [3.05, 3.63) is 52.5 Å². The molecule has 1 aliphatic rings. The maximum Gasteiger partial charge on any atom is 0.243 e. The van der Waals surface area contributed by atoms with Crippen molar-refractivity contribution in [3.63, 3.8) is 0 Å². The van der Waals surface area contributed by atoms with Gasteiger partial charge in [-0.2, -0.15) is 16.1 Å². The third-order valence-electron chi connectivity index (χ3n) is 4.30. The minimum absolute atomic E-state index is 0.00935. The molecule has 1 amide bonds. The third-order valence-corrected chi connectivity index (χ3v) is 8.29. The molecule has 1 fully saturated rings. The first kappa shape index (κ1) is 20.3. The van der Waals surface area contributed by atoms with Crippen LogP contribution in [0, 0.1) is 5.82 Å². The van der Waals surface area contributed by atoms with Crippen LogP contribution >= 0.6 is 23.1 Å². The Morgan fingerprint density at radius 2 is 2.07 bits per heavy atom. The lowest BCUT2D eigenvalue weighted by atomic mass is 10.2.